The van der Waals surface area contributed by atoms with Crippen LogP contribution in [0, 0.1) is 17.6 Å². The molecule has 0 bridgehead atoms. The molecule has 0 aromatic heterocycles. The lowest BCUT2D eigenvalue weighted by molar-refractivity contribution is -0.154. The van der Waals surface area contributed by atoms with Gasteiger partial charge >= 0.3 is 5.97 Å². The largest absolute Gasteiger partial charge is 0.459 e. The number of rotatable bonds is 6. The Morgan fingerprint density at radius 1 is 1.20 bits per heavy atom. The number of halogens is 2. The van der Waals surface area contributed by atoms with Gasteiger partial charge in [0.25, 0.3) is 0 Å². The molecule has 1 aromatic carbocycles. The molecule has 1 amide bonds. The maximum Gasteiger partial charge on any atom is 0.319 e. The first-order valence-electron chi connectivity index (χ1n) is 8.14. The van der Waals surface area contributed by atoms with Gasteiger partial charge in [-0.05, 0) is 33.3 Å². The van der Waals surface area contributed by atoms with E-state index < -0.39 is 28.5 Å². The van der Waals surface area contributed by atoms with Crippen LogP contribution in [0.15, 0.2) is 17.0 Å². The van der Waals surface area contributed by atoms with Crippen molar-refractivity contribution in [2.45, 2.75) is 63.7 Å². The van der Waals surface area contributed by atoms with E-state index in [-0.39, 0.29) is 22.4 Å². The molecule has 4 nitrogen and oxygen atoms in total. The van der Waals surface area contributed by atoms with Gasteiger partial charge in [0.1, 0.15) is 22.5 Å². The summed E-state index contributed by atoms with van der Waals surface area (Å²) >= 11 is 0.955. The summed E-state index contributed by atoms with van der Waals surface area (Å²) in [4.78, 5) is 24.0. The van der Waals surface area contributed by atoms with Crippen LogP contribution in [0.5, 0.6) is 0 Å². The van der Waals surface area contributed by atoms with Gasteiger partial charge < -0.3 is 10.1 Å². The fourth-order valence-corrected chi connectivity index (χ4v) is 2.79. The number of ether oxygens (including phenoxy) is 1. The highest BCUT2D eigenvalue weighted by Gasteiger charge is 2.26. The predicted molar refractivity (Wildman–Crippen MR) is 95.6 cm³/mol. The molecule has 0 aliphatic rings. The fraction of sp³-hybridized carbons (Fsp3) is 0.556. The van der Waals surface area contributed by atoms with E-state index in [1.165, 1.54) is 6.07 Å². The topological polar surface area (TPSA) is 55.4 Å². The number of thioether (sulfide) groups is 1. The van der Waals surface area contributed by atoms with Crippen LogP contribution in [0.25, 0.3) is 0 Å². The van der Waals surface area contributed by atoms with E-state index in [0.717, 1.165) is 11.8 Å². The van der Waals surface area contributed by atoms with Gasteiger partial charge in [0, 0.05) is 16.9 Å². The van der Waals surface area contributed by atoms with Crippen molar-refractivity contribution in [2.24, 2.45) is 5.92 Å². The van der Waals surface area contributed by atoms with Crippen molar-refractivity contribution in [3.63, 3.8) is 0 Å². The summed E-state index contributed by atoms with van der Waals surface area (Å²) in [7, 11) is 0. The minimum Gasteiger partial charge on any atom is -0.459 e. The molecule has 7 heteroatoms. The molecule has 25 heavy (non-hydrogen) atoms. The number of nitrogens with one attached hydrogen (secondary N) is 1. The van der Waals surface area contributed by atoms with Gasteiger partial charge in [-0.25, -0.2) is 8.78 Å². The molecule has 1 atom stereocenters. The van der Waals surface area contributed by atoms with Crippen LogP contribution in [0.1, 0.15) is 48.0 Å². The van der Waals surface area contributed by atoms with Crippen LogP contribution in [0.4, 0.5) is 14.5 Å². The summed E-state index contributed by atoms with van der Waals surface area (Å²) < 4.78 is 33.3. The van der Waals surface area contributed by atoms with E-state index in [1.54, 1.807) is 41.5 Å². The van der Waals surface area contributed by atoms with E-state index in [9.17, 15) is 18.4 Å². The summed E-state index contributed by atoms with van der Waals surface area (Å²) in [5.74, 6) is -2.82. The Bertz CT molecular complexity index is 642. The average molecular weight is 373 g/mol. The van der Waals surface area contributed by atoms with E-state index in [2.05, 4.69) is 5.32 Å². The first-order valence-corrected chi connectivity index (χ1v) is 9.02. The van der Waals surface area contributed by atoms with Crippen molar-refractivity contribution in [3.05, 3.63) is 23.8 Å². The second-order valence-corrected chi connectivity index (χ2v) is 8.20. The smallest absolute Gasteiger partial charge is 0.319 e. The van der Waals surface area contributed by atoms with Crippen molar-refractivity contribution in [1.29, 1.82) is 0 Å². The summed E-state index contributed by atoms with van der Waals surface area (Å²) in [6.07, 6.45) is 0.421. The van der Waals surface area contributed by atoms with Crippen LogP contribution < -0.4 is 5.32 Å². The van der Waals surface area contributed by atoms with Crippen molar-refractivity contribution in [3.8, 4) is 0 Å². The number of esters is 1. The third kappa shape index (κ3) is 6.65. The normalized spacial score (nSPS) is 12.8. The number of amides is 1. The Kier molecular flexibility index (Phi) is 7.41. The average Bonchev–Trinajstić information content (AvgIpc) is 2.46. The van der Waals surface area contributed by atoms with Crippen LogP contribution in [0.2, 0.25) is 0 Å². The number of carbonyl (C=O) groups excluding carboxylic acids is 2. The van der Waals surface area contributed by atoms with Crippen LogP contribution in [-0.2, 0) is 14.3 Å². The zero-order valence-corrected chi connectivity index (χ0v) is 16.2. The van der Waals surface area contributed by atoms with Gasteiger partial charge in [-0.1, -0.05) is 20.8 Å². The van der Waals surface area contributed by atoms with E-state index in [4.69, 9.17) is 4.74 Å². The molecule has 0 heterocycles. The molecule has 0 radical (unpaired) electrons. The molecule has 1 N–H and O–H groups in total. The molecule has 1 unspecified atom stereocenters. The standard InChI is InChI=1S/C18H25F2NO3S/c1-7-14(17(23)24-18(4,5)6)25-15-9-13(11(19)8-12(15)20)21-16(22)10(2)3/h8-10,14H,7H2,1-6H3,(H,21,22). The van der Waals surface area contributed by atoms with E-state index >= 15 is 0 Å². The maximum atomic E-state index is 14.1. The highest BCUT2D eigenvalue weighted by Crippen LogP contribution is 2.33. The van der Waals surface area contributed by atoms with Gasteiger partial charge in [0.2, 0.25) is 5.91 Å². The lowest BCUT2D eigenvalue weighted by Crippen LogP contribution is -2.30. The lowest BCUT2D eigenvalue weighted by Gasteiger charge is -2.23. The van der Waals surface area contributed by atoms with Crippen molar-refractivity contribution in [2.75, 3.05) is 5.32 Å². The minimum atomic E-state index is -0.860. The Labute approximate surface area is 151 Å². The minimum absolute atomic E-state index is 0.0816. The van der Waals surface area contributed by atoms with E-state index in [1.807, 2.05) is 0 Å². The Hall–Kier alpha value is -1.63. The lowest BCUT2D eigenvalue weighted by atomic mass is 10.2. The number of anilines is 1. The quantitative estimate of drug-likeness (QED) is 0.576. The zero-order chi connectivity index (χ0) is 19.4. The Balaban J connectivity index is 3.03. The molecular formula is C18H25F2NO3S. The molecule has 140 valence electrons. The number of carbonyl (C=O) groups is 2. The van der Waals surface area contributed by atoms with Crippen LogP contribution in [-0.4, -0.2) is 22.7 Å². The first-order chi connectivity index (χ1) is 11.4. The fourth-order valence-electron chi connectivity index (χ4n) is 1.81. The van der Waals surface area contributed by atoms with Crippen molar-refractivity contribution >= 4 is 29.3 Å². The van der Waals surface area contributed by atoms with Crippen LogP contribution in [0.3, 0.4) is 0 Å². The van der Waals surface area contributed by atoms with Gasteiger partial charge in [-0.2, -0.15) is 0 Å². The molecule has 0 saturated heterocycles. The summed E-state index contributed by atoms with van der Waals surface area (Å²) in [6.45, 7) is 10.4. The molecule has 1 aromatic rings. The summed E-state index contributed by atoms with van der Waals surface area (Å²) in [5.41, 5.74) is -0.760. The molecule has 0 spiro atoms. The van der Waals surface area contributed by atoms with Gasteiger partial charge in [-0.15, -0.1) is 11.8 Å². The van der Waals surface area contributed by atoms with Gasteiger partial charge in [0.05, 0.1) is 5.69 Å². The van der Waals surface area contributed by atoms with Gasteiger partial charge in [0.15, 0.2) is 0 Å². The number of hydrogen-bond acceptors (Lipinski definition) is 4. The maximum absolute atomic E-state index is 14.1. The third-order valence-corrected chi connectivity index (χ3v) is 4.49. The number of benzene rings is 1. The monoisotopic (exact) mass is 373 g/mol. The molecule has 0 aliphatic heterocycles. The third-order valence-electron chi connectivity index (χ3n) is 3.11. The summed E-state index contributed by atoms with van der Waals surface area (Å²) in [5, 5.41) is 1.79. The van der Waals surface area contributed by atoms with Gasteiger partial charge in [-0.3, -0.25) is 9.59 Å². The zero-order valence-electron chi connectivity index (χ0n) is 15.4. The second-order valence-electron chi connectivity index (χ2n) is 6.95. The highest BCUT2D eigenvalue weighted by molar-refractivity contribution is 8.00. The van der Waals surface area contributed by atoms with Crippen molar-refractivity contribution < 1.29 is 23.1 Å². The Morgan fingerprint density at radius 3 is 2.28 bits per heavy atom. The van der Waals surface area contributed by atoms with Crippen molar-refractivity contribution in [1.82, 2.24) is 0 Å². The predicted octanol–water partition coefficient (Wildman–Crippen LogP) is 4.77. The first kappa shape index (κ1) is 21.4. The molecule has 0 aliphatic carbocycles. The molecule has 0 saturated carbocycles. The SMILES string of the molecule is CCC(Sc1cc(NC(=O)C(C)C)c(F)cc1F)C(=O)OC(C)(C)C. The highest BCUT2D eigenvalue weighted by atomic mass is 32.2. The van der Waals surface area contributed by atoms with E-state index in [0.29, 0.717) is 12.5 Å². The Morgan fingerprint density at radius 2 is 1.80 bits per heavy atom. The van der Waals surface area contributed by atoms with Crippen LogP contribution >= 0.6 is 11.8 Å². The molecular weight excluding hydrogens is 348 g/mol. The number of hydrogen-bond donors (Lipinski definition) is 1. The second kappa shape index (κ2) is 8.65. The summed E-state index contributed by atoms with van der Waals surface area (Å²) in [6, 6.07) is 1.92. The molecule has 0 fully saturated rings. The molecule has 1 rings (SSSR count).